The minimum atomic E-state index is -0.148. The van der Waals surface area contributed by atoms with Gasteiger partial charge in [-0.15, -0.1) is 0 Å². The molecule has 0 amide bonds. The number of rotatable bonds is 2. The highest BCUT2D eigenvalue weighted by Crippen LogP contribution is 2.18. The van der Waals surface area contributed by atoms with Gasteiger partial charge in [-0.3, -0.25) is 4.79 Å². The van der Waals surface area contributed by atoms with E-state index in [0.29, 0.717) is 16.3 Å². The minimum absolute atomic E-state index is 0.148. The van der Waals surface area contributed by atoms with Crippen molar-refractivity contribution in [1.29, 1.82) is 0 Å². The Morgan fingerprint density at radius 2 is 2.27 bits per heavy atom. The molecule has 0 saturated heterocycles. The maximum Gasteiger partial charge on any atom is 0.214 e. The second-order valence-electron chi connectivity index (χ2n) is 3.09. The number of hydrogen-bond acceptors (Lipinski definition) is 4. The van der Waals surface area contributed by atoms with Crippen molar-refractivity contribution in [1.82, 2.24) is 8.75 Å². The van der Waals surface area contributed by atoms with Crippen LogP contribution in [-0.2, 0) is 0 Å². The van der Waals surface area contributed by atoms with E-state index in [1.54, 1.807) is 12.1 Å². The first-order valence-electron chi connectivity index (χ1n) is 4.27. The van der Waals surface area contributed by atoms with Gasteiger partial charge in [0.25, 0.3) is 0 Å². The van der Waals surface area contributed by atoms with Crippen LogP contribution in [0, 0.1) is 6.92 Å². The SMILES string of the molecule is Cc1ccc(C(=O)c2cnsn2)cc1Cl. The lowest BCUT2D eigenvalue weighted by Gasteiger charge is -2.00. The second-order valence-corrected chi connectivity index (χ2v) is 4.05. The summed E-state index contributed by atoms with van der Waals surface area (Å²) in [5.74, 6) is -0.148. The van der Waals surface area contributed by atoms with Gasteiger partial charge in [0.1, 0.15) is 5.69 Å². The van der Waals surface area contributed by atoms with Crippen LogP contribution in [0.3, 0.4) is 0 Å². The quantitative estimate of drug-likeness (QED) is 0.756. The summed E-state index contributed by atoms with van der Waals surface area (Å²) in [4.78, 5) is 11.8. The number of halogens is 1. The van der Waals surface area contributed by atoms with Crippen molar-refractivity contribution in [2.45, 2.75) is 6.92 Å². The number of aromatic nitrogens is 2. The zero-order valence-electron chi connectivity index (χ0n) is 7.90. The Kier molecular flexibility index (Phi) is 2.79. The van der Waals surface area contributed by atoms with Crippen molar-refractivity contribution in [2.75, 3.05) is 0 Å². The molecule has 2 rings (SSSR count). The molecular weight excluding hydrogens is 232 g/mol. The normalized spacial score (nSPS) is 10.3. The maximum atomic E-state index is 11.8. The molecule has 0 aliphatic rings. The second kappa shape index (κ2) is 4.08. The number of aryl methyl sites for hydroxylation is 1. The van der Waals surface area contributed by atoms with Crippen LogP contribution in [0.4, 0.5) is 0 Å². The third-order valence-electron chi connectivity index (χ3n) is 2.03. The summed E-state index contributed by atoms with van der Waals surface area (Å²) in [5.41, 5.74) is 1.85. The summed E-state index contributed by atoms with van der Waals surface area (Å²) in [5, 5.41) is 0.587. The van der Waals surface area contributed by atoms with Crippen LogP contribution >= 0.6 is 23.3 Å². The van der Waals surface area contributed by atoms with E-state index in [1.165, 1.54) is 6.20 Å². The molecule has 3 nitrogen and oxygen atoms in total. The number of hydrogen-bond donors (Lipinski definition) is 0. The first-order valence-corrected chi connectivity index (χ1v) is 5.38. The lowest BCUT2D eigenvalue weighted by atomic mass is 10.1. The molecule has 0 saturated carbocycles. The summed E-state index contributed by atoms with van der Waals surface area (Å²) in [6.07, 6.45) is 1.46. The molecule has 1 aromatic carbocycles. The van der Waals surface area contributed by atoms with E-state index in [9.17, 15) is 4.79 Å². The molecule has 0 atom stereocenters. The van der Waals surface area contributed by atoms with Gasteiger partial charge in [0.15, 0.2) is 0 Å². The van der Waals surface area contributed by atoms with Gasteiger partial charge in [0.2, 0.25) is 5.78 Å². The summed E-state index contributed by atoms with van der Waals surface area (Å²) < 4.78 is 7.67. The summed E-state index contributed by atoms with van der Waals surface area (Å²) in [6.45, 7) is 1.89. The van der Waals surface area contributed by atoms with Crippen molar-refractivity contribution in [3.05, 3.63) is 46.2 Å². The largest absolute Gasteiger partial charge is 0.287 e. The Morgan fingerprint density at radius 1 is 1.47 bits per heavy atom. The molecule has 15 heavy (non-hydrogen) atoms. The summed E-state index contributed by atoms with van der Waals surface area (Å²) >= 11 is 6.95. The van der Waals surface area contributed by atoms with Crippen molar-refractivity contribution in [3.8, 4) is 0 Å². The Balaban J connectivity index is 2.39. The monoisotopic (exact) mass is 238 g/mol. The predicted molar refractivity (Wildman–Crippen MR) is 59.5 cm³/mol. The smallest absolute Gasteiger partial charge is 0.214 e. The van der Waals surface area contributed by atoms with Crippen molar-refractivity contribution < 1.29 is 4.79 Å². The summed E-state index contributed by atoms with van der Waals surface area (Å²) in [7, 11) is 0. The molecule has 0 unspecified atom stereocenters. The molecule has 0 N–H and O–H groups in total. The molecule has 0 aliphatic heterocycles. The number of ketones is 1. The van der Waals surface area contributed by atoms with E-state index in [1.807, 2.05) is 13.0 Å². The highest BCUT2D eigenvalue weighted by atomic mass is 35.5. The van der Waals surface area contributed by atoms with E-state index in [2.05, 4.69) is 8.75 Å². The van der Waals surface area contributed by atoms with E-state index in [-0.39, 0.29) is 5.78 Å². The van der Waals surface area contributed by atoms with Crippen molar-refractivity contribution in [3.63, 3.8) is 0 Å². The van der Waals surface area contributed by atoms with Gasteiger partial charge in [0, 0.05) is 10.6 Å². The topological polar surface area (TPSA) is 42.9 Å². The van der Waals surface area contributed by atoms with Gasteiger partial charge >= 0.3 is 0 Å². The van der Waals surface area contributed by atoms with Crippen LogP contribution in [0.5, 0.6) is 0 Å². The molecule has 1 aromatic heterocycles. The van der Waals surface area contributed by atoms with Gasteiger partial charge in [-0.1, -0.05) is 23.7 Å². The van der Waals surface area contributed by atoms with Crippen LogP contribution < -0.4 is 0 Å². The molecule has 5 heteroatoms. The van der Waals surface area contributed by atoms with Gasteiger partial charge in [-0.25, -0.2) is 0 Å². The molecule has 0 aliphatic carbocycles. The number of nitrogens with zero attached hydrogens (tertiary/aromatic N) is 2. The number of carbonyl (C=O) groups excluding carboxylic acids is 1. The molecule has 0 radical (unpaired) electrons. The van der Waals surface area contributed by atoms with Gasteiger partial charge in [0.05, 0.1) is 17.9 Å². The van der Waals surface area contributed by atoms with Crippen LogP contribution in [-0.4, -0.2) is 14.5 Å². The van der Waals surface area contributed by atoms with Crippen LogP contribution in [0.25, 0.3) is 0 Å². The van der Waals surface area contributed by atoms with Crippen LogP contribution in [0.2, 0.25) is 5.02 Å². The Labute approximate surface area is 96.0 Å². The summed E-state index contributed by atoms with van der Waals surface area (Å²) in [6, 6.07) is 5.21. The fourth-order valence-corrected chi connectivity index (χ4v) is 1.74. The molecular formula is C10H7ClN2OS. The lowest BCUT2D eigenvalue weighted by molar-refractivity contribution is 0.103. The predicted octanol–water partition coefficient (Wildman–Crippen LogP) is 2.73. The molecule has 76 valence electrons. The van der Waals surface area contributed by atoms with Gasteiger partial charge in [-0.05, 0) is 18.6 Å². The standard InChI is InChI=1S/C10H7ClN2OS/c1-6-2-3-7(4-8(6)11)10(14)9-5-12-15-13-9/h2-5H,1H3. The zero-order valence-corrected chi connectivity index (χ0v) is 9.47. The Hall–Kier alpha value is -1.26. The van der Waals surface area contributed by atoms with Gasteiger partial charge < -0.3 is 0 Å². The third-order valence-corrected chi connectivity index (χ3v) is 2.91. The minimum Gasteiger partial charge on any atom is -0.287 e. The lowest BCUT2D eigenvalue weighted by Crippen LogP contribution is -2.01. The van der Waals surface area contributed by atoms with Crippen molar-refractivity contribution in [2.24, 2.45) is 0 Å². The fourth-order valence-electron chi connectivity index (χ4n) is 1.15. The number of carbonyl (C=O) groups is 1. The van der Waals surface area contributed by atoms with E-state index in [4.69, 9.17) is 11.6 Å². The van der Waals surface area contributed by atoms with Gasteiger partial charge in [-0.2, -0.15) is 8.75 Å². The number of benzene rings is 1. The molecule has 1 heterocycles. The fraction of sp³-hybridized carbons (Fsp3) is 0.100. The van der Waals surface area contributed by atoms with E-state index < -0.39 is 0 Å². The molecule has 2 aromatic rings. The Morgan fingerprint density at radius 3 is 2.87 bits per heavy atom. The highest BCUT2D eigenvalue weighted by Gasteiger charge is 2.12. The first-order chi connectivity index (χ1) is 7.18. The Bertz CT molecular complexity index is 496. The zero-order chi connectivity index (χ0) is 10.8. The van der Waals surface area contributed by atoms with Crippen LogP contribution in [0.1, 0.15) is 21.6 Å². The molecule has 0 bridgehead atoms. The molecule has 0 fully saturated rings. The van der Waals surface area contributed by atoms with Crippen LogP contribution in [0.15, 0.2) is 24.4 Å². The third kappa shape index (κ3) is 2.06. The highest BCUT2D eigenvalue weighted by molar-refractivity contribution is 6.99. The average molecular weight is 239 g/mol. The molecule has 0 spiro atoms. The maximum absolute atomic E-state index is 11.8. The first kappa shape index (κ1) is 10.3. The average Bonchev–Trinajstić information content (AvgIpc) is 2.74. The van der Waals surface area contributed by atoms with E-state index >= 15 is 0 Å². The van der Waals surface area contributed by atoms with Crippen molar-refractivity contribution >= 4 is 29.1 Å². The van der Waals surface area contributed by atoms with E-state index in [0.717, 1.165) is 17.3 Å².